The van der Waals surface area contributed by atoms with E-state index in [0.717, 1.165) is 12.0 Å². The fourth-order valence-corrected chi connectivity index (χ4v) is 2.02. The third-order valence-corrected chi connectivity index (χ3v) is 3.04. The Bertz CT molecular complexity index is 616. The second kappa shape index (κ2) is 5.14. The molecule has 0 spiro atoms. The van der Waals surface area contributed by atoms with Crippen LogP contribution in [0.5, 0.6) is 0 Å². The van der Waals surface area contributed by atoms with Crippen LogP contribution in [0.25, 0.3) is 0 Å². The topological polar surface area (TPSA) is 72.9 Å². The molecule has 0 aliphatic heterocycles. The van der Waals surface area contributed by atoms with Crippen LogP contribution in [0, 0.1) is 6.92 Å². The number of aryl methyl sites for hydroxylation is 3. The van der Waals surface area contributed by atoms with Gasteiger partial charge in [0.2, 0.25) is 0 Å². The third-order valence-electron chi connectivity index (χ3n) is 3.04. The Hall–Kier alpha value is -2.30. The molecule has 19 heavy (non-hydrogen) atoms. The Morgan fingerprint density at radius 2 is 2.21 bits per heavy atom. The number of aromatic nitrogens is 2. The highest BCUT2D eigenvalue weighted by atomic mass is 16.1. The summed E-state index contributed by atoms with van der Waals surface area (Å²) in [5.74, 6) is -0.172. The number of nitrogens with two attached hydrogens (primary N) is 1. The van der Waals surface area contributed by atoms with E-state index >= 15 is 0 Å². The molecule has 1 aromatic heterocycles. The Morgan fingerprint density at radius 1 is 1.47 bits per heavy atom. The molecule has 0 bridgehead atoms. The Morgan fingerprint density at radius 3 is 2.74 bits per heavy atom. The molecule has 0 radical (unpaired) electrons. The number of nitrogen functional groups attached to an aromatic ring is 1. The molecule has 0 aliphatic rings. The zero-order chi connectivity index (χ0) is 14.0. The molecular weight excluding hydrogens is 240 g/mol. The molecule has 0 unspecified atom stereocenters. The Balaban J connectivity index is 2.19. The zero-order valence-electron chi connectivity index (χ0n) is 11.4. The first-order valence-electron chi connectivity index (χ1n) is 6.21. The standard InChI is InChI=1S/C14H18N4O/c1-4-10-5-6-11(7-13(10)15)16-14(19)12-8-18(3)17-9(12)2/h5-8H,4,15H2,1-3H3,(H,16,19). The molecule has 0 atom stereocenters. The van der Waals surface area contributed by atoms with Gasteiger partial charge in [0.25, 0.3) is 5.91 Å². The van der Waals surface area contributed by atoms with Gasteiger partial charge in [-0.3, -0.25) is 9.48 Å². The van der Waals surface area contributed by atoms with Gasteiger partial charge in [0.05, 0.1) is 11.3 Å². The maximum Gasteiger partial charge on any atom is 0.259 e. The summed E-state index contributed by atoms with van der Waals surface area (Å²) in [6.45, 7) is 3.85. The minimum atomic E-state index is -0.172. The van der Waals surface area contributed by atoms with Crippen molar-refractivity contribution in [3.05, 3.63) is 41.2 Å². The van der Waals surface area contributed by atoms with Crippen molar-refractivity contribution in [2.45, 2.75) is 20.3 Å². The molecule has 2 rings (SSSR count). The van der Waals surface area contributed by atoms with Crippen LogP contribution in [0.3, 0.4) is 0 Å². The van der Waals surface area contributed by atoms with Crippen molar-refractivity contribution in [2.24, 2.45) is 7.05 Å². The third kappa shape index (κ3) is 2.76. The van der Waals surface area contributed by atoms with Gasteiger partial charge < -0.3 is 11.1 Å². The molecule has 3 N–H and O–H groups in total. The highest BCUT2D eigenvalue weighted by Crippen LogP contribution is 2.19. The molecule has 100 valence electrons. The Labute approximate surface area is 112 Å². The van der Waals surface area contributed by atoms with E-state index in [-0.39, 0.29) is 5.91 Å². The maximum absolute atomic E-state index is 12.1. The number of nitrogens with zero attached hydrogens (tertiary/aromatic N) is 2. The van der Waals surface area contributed by atoms with Crippen molar-refractivity contribution in [3.63, 3.8) is 0 Å². The summed E-state index contributed by atoms with van der Waals surface area (Å²) in [6, 6.07) is 5.57. The van der Waals surface area contributed by atoms with E-state index in [1.807, 2.05) is 26.0 Å². The number of nitrogens with one attached hydrogen (secondary N) is 1. The lowest BCUT2D eigenvalue weighted by atomic mass is 10.1. The van der Waals surface area contributed by atoms with E-state index in [2.05, 4.69) is 10.4 Å². The average molecular weight is 258 g/mol. The number of hydrogen-bond acceptors (Lipinski definition) is 3. The van der Waals surface area contributed by atoms with Gasteiger partial charge in [-0.25, -0.2) is 0 Å². The lowest BCUT2D eigenvalue weighted by Gasteiger charge is -2.08. The van der Waals surface area contributed by atoms with Gasteiger partial charge in [0, 0.05) is 24.6 Å². The molecule has 0 saturated heterocycles. The summed E-state index contributed by atoms with van der Waals surface area (Å²) in [4.78, 5) is 12.1. The second-order valence-electron chi connectivity index (χ2n) is 4.52. The first-order valence-corrected chi connectivity index (χ1v) is 6.21. The monoisotopic (exact) mass is 258 g/mol. The van der Waals surface area contributed by atoms with E-state index in [9.17, 15) is 4.79 Å². The molecule has 5 heteroatoms. The fourth-order valence-electron chi connectivity index (χ4n) is 2.02. The molecule has 1 aromatic carbocycles. The van der Waals surface area contributed by atoms with E-state index in [1.54, 1.807) is 24.0 Å². The van der Waals surface area contributed by atoms with E-state index < -0.39 is 0 Å². The minimum absolute atomic E-state index is 0.172. The highest BCUT2D eigenvalue weighted by Gasteiger charge is 2.12. The molecule has 0 aliphatic carbocycles. The molecule has 5 nitrogen and oxygen atoms in total. The minimum Gasteiger partial charge on any atom is -0.398 e. The van der Waals surface area contributed by atoms with Crippen LogP contribution in [0.15, 0.2) is 24.4 Å². The van der Waals surface area contributed by atoms with Crippen LogP contribution < -0.4 is 11.1 Å². The van der Waals surface area contributed by atoms with Crippen LogP contribution in [0.1, 0.15) is 28.5 Å². The number of rotatable bonds is 3. The summed E-state index contributed by atoms with van der Waals surface area (Å²) < 4.78 is 1.62. The number of hydrogen-bond donors (Lipinski definition) is 2. The quantitative estimate of drug-likeness (QED) is 0.828. The summed E-state index contributed by atoms with van der Waals surface area (Å²) >= 11 is 0. The van der Waals surface area contributed by atoms with Gasteiger partial charge in [-0.05, 0) is 31.0 Å². The van der Waals surface area contributed by atoms with Crippen molar-refractivity contribution in [2.75, 3.05) is 11.1 Å². The second-order valence-corrected chi connectivity index (χ2v) is 4.52. The van der Waals surface area contributed by atoms with Crippen molar-refractivity contribution in [3.8, 4) is 0 Å². The lowest BCUT2D eigenvalue weighted by Crippen LogP contribution is -2.12. The average Bonchev–Trinajstić information content (AvgIpc) is 2.69. The largest absolute Gasteiger partial charge is 0.398 e. The highest BCUT2D eigenvalue weighted by molar-refractivity contribution is 6.05. The van der Waals surface area contributed by atoms with E-state index in [4.69, 9.17) is 5.73 Å². The predicted molar refractivity (Wildman–Crippen MR) is 76.1 cm³/mol. The van der Waals surface area contributed by atoms with E-state index in [1.165, 1.54) is 0 Å². The number of carbonyl (C=O) groups is 1. The van der Waals surface area contributed by atoms with Crippen LogP contribution >= 0.6 is 0 Å². The normalized spacial score (nSPS) is 10.5. The Kier molecular flexibility index (Phi) is 3.55. The van der Waals surface area contributed by atoms with Gasteiger partial charge in [0.15, 0.2) is 0 Å². The molecule has 1 amide bonds. The van der Waals surface area contributed by atoms with Crippen LogP contribution in [0.2, 0.25) is 0 Å². The molecule has 2 aromatic rings. The van der Waals surface area contributed by atoms with Crippen LogP contribution in [-0.2, 0) is 13.5 Å². The summed E-state index contributed by atoms with van der Waals surface area (Å²) in [5.41, 5.74) is 9.66. The van der Waals surface area contributed by atoms with Crippen molar-refractivity contribution in [1.82, 2.24) is 9.78 Å². The van der Waals surface area contributed by atoms with Gasteiger partial charge in [-0.2, -0.15) is 5.10 Å². The number of anilines is 2. The number of carbonyl (C=O) groups excluding carboxylic acids is 1. The fraction of sp³-hybridized carbons (Fsp3) is 0.286. The molecular formula is C14H18N4O. The van der Waals surface area contributed by atoms with Gasteiger partial charge in [-0.1, -0.05) is 13.0 Å². The summed E-state index contributed by atoms with van der Waals surface area (Å²) in [7, 11) is 1.79. The zero-order valence-corrected chi connectivity index (χ0v) is 11.4. The summed E-state index contributed by atoms with van der Waals surface area (Å²) in [5, 5.41) is 6.98. The first kappa shape index (κ1) is 13.1. The number of amides is 1. The maximum atomic E-state index is 12.1. The molecule has 0 saturated carbocycles. The van der Waals surface area contributed by atoms with Gasteiger partial charge in [-0.15, -0.1) is 0 Å². The lowest BCUT2D eigenvalue weighted by molar-refractivity contribution is 0.102. The van der Waals surface area contributed by atoms with Crippen LogP contribution in [-0.4, -0.2) is 15.7 Å². The number of benzene rings is 1. The summed E-state index contributed by atoms with van der Waals surface area (Å²) in [6.07, 6.45) is 2.58. The first-order chi connectivity index (χ1) is 9.01. The predicted octanol–water partition coefficient (Wildman–Crippen LogP) is 2.13. The van der Waals surface area contributed by atoms with E-state index in [0.29, 0.717) is 22.6 Å². The van der Waals surface area contributed by atoms with Crippen molar-refractivity contribution >= 4 is 17.3 Å². The SMILES string of the molecule is CCc1ccc(NC(=O)c2cn(C)nc2C)cc1N. The van der Waals surface area contributed by atoms with Gasteiger partial charge >= 0.3 is 0 Å². The smallest absolute Gasteiger partial charge is 0.259 e. The molecule has 1 heterocycles. The van der Waals surface area contributed by atoms with Crippen molar-refractivity contribution in [1.29, 1.82) is 0 Å². The van der Waals surface area contributed by atoms with Crippen LogP contribution in [0.4, 0.5) is 11.4 Å². The molecule has 0 fully saturated rings. The van der Waals surface area contributed by atoms with Gasteiger partial charge in [0.1, 0.15) is 0 Å². The van der Waals surface area contributed by atoms with Crippen molar-refractivity contribution < 1.29 is 4.79 Å².